The van der Waals surface area contributed by atoms with E-state index in [9.17, 15) is 4.79 Å². The molecule has 1 aliphatic rings. The van der Waals surface area contributed by atoms with E-state index in [1.165, 1.54) is 5.69 Å². The Labute approximate surface area is 154 Å². The van der Waals surface area contributed by atoms with Gasteiger partial charge in [0.05, 0.1) is 17.2 Å². The van der Waals surface area contributed by atoms with E-state index in [0.717, 1.165) is 33.9 Å². The van der Waals surface area contributed by atoms with Gasteiger partial charge in [0.25, 0.3) is 5.91 Å². The lowest BCUT2D eigenvalue weighted by Crippen LogP contribution is -2.36. The van der Waals surface area contributed by atoms with Crippen LogP contribution in [0.4, 0.5) is 0 Å². The highest BCUT2D eigenvalue weighted by molar-refractivity contribution is 6.31. The number of carbonyl (C=O) groups is 1. The van der Waals surface area contributed by atoms with E-state index in [-0.39, 0.29) is 5.91 Å². The molecule has 0 spiro atoms. The minimum Gasteiger partial charge on any atom is -0.358 e. The zero-order valence-electron chi connectivity index (χ0n) is 13.9. The lowest BCUT2D eigenvalue weighted by atomic mass is 10.0. The Morgan fingerprint density at radius 2 is 2.00 bits per heavy atom. The Bertz CT molecular complexity index is 1170. The van der Waals surface area contributed by atoms with Crippen molar-refractivity contribution in [3.05, 3.63) is 70.6 Å². The summed E-state index contributed by atoms with van der Waals surface area (Å²) in [7, 11) is 0. The molecule has 0 atom stereocenters. The van der Waals surface area contributed by atoms with E-state index >= 15 is 0 Å². The van der Waals surface area contributed by atoms with Crippen molar-refractivity contribution >= 4 is 39.4 Å². The number of nitrogens with one attached hydrogen (secondary N) is 1. The third kappa shape index (κ3) is 2.44. The maximum absolute atomic E-state index is 13.0. The van der Waals surface area contributed by atoms with Gasteiger partial charge >= 0.3 is 0 Å². The SMILES string of the molecule is O=C(c1cnc2ccccc2n1)N1CCc2[nH]c3ccc(Cl)cc3c2C1. The van der Waals surface area contributed by atoms with Gasteiger partial charge in [0.15, 0.2) is 0 Å². The number of aromatic nitrogens is 3. The van der Waals surface area contributed by atoms with Gasteiger partial charge in [-0.15, -0.1) is 0 Å². The first kappa shape index (κ1) is 15.3. The summed E-state index contributed by atoms with van der Waals surface area (Å²) in [5.41, 5.74) is 5.27. The second-order valence-corrected chi connectivity index (χ2v) is 6.93. The largest absolute Gasteiger partial charge is 0.358 e. The van der Waals surface area contributed by atoms with Crippen molar-refractivity contribution in [1.29, 1.82) is 0 Å². The smallest absolute Gasteiger partial charge is 0.274 e. The van der Waals surface area contributed by atoms with Crippen molar-refractivity contribution < 1.29 is 4.79 Å². The summed E-state index contributed by atoms with van der Waals surface area (Å²) in [5, 5.41) is 1.78. The molecule has 128 valence electrons. The summed E-state index contributed by atoms with van der Waals surface area (Å²) >= 11 is 6.16. The van der Waals surface area contributed by atoms with Crippen LogP contribution < -0.4 is 0 Å². The van der Waals surface area contributed by atoms with Crippen LogP contribution in [0.15, 0.2) is 48.7 Å². The molecule has 1 amide bonds. The van der Waals surface area contributed by atoms with Crippen LogP contribution in [0.5, 0.6) is 0 Å². The fourth-order valence-electron chi connectivity index (χ4n) is 3.58. The molecule has 0 radical (unpaired) electrons. The molecule has 1 aliphatic heterocycles. The van der Waals surface area contributed by atoms with Crippen molar-refractivity contribution in [1.82, 2.24) is 19.9 Å². The average molecular weight is 363 g/mol. The summed E-state index contributed by atoms with van der Waals surface area (Å²) < 4.78 is 0. The number of benzene rings is 2. The molecule has 1 N–H and O–H groups in total. The van der Waals surface area contributed by atoms with Crippen LogP contribution in [-0.2, 0) is 13.0 Å². The van der Waals surface area contributed by atoms with Crippen LogP contribution in [0.25, 0.3) is 21.9 Å². The zero-order valence-corrected chi connectivity index (χ0v) is 14.6. The third-order valence-corrected chi connectivity index (χ3v) is 5.13. The van der Waals surface area contributed by atoms with Crippen LogP contribution in [0.2, 0.25) is 5.02 Å². The molecule has 2 aromatic carbocycles. The van der Waals surface area contributed by atoms with Gasteiger partial charge in [-0.05, 0) is 30.3 Å². The van der Waals surface area contributed by atoms with Crippen LogP contribution in [0.3, 0.4) is 0 Å². The highest BCUT2D eigenvalue weighted by Crippen LogP contribution is 2.30. The van der Waals surface area contributed by atoms with Crippen LogP contribution in [0.1, 0.15) is 21.7 Å². The van der Waals surface area contributed by atoms with Crippen molar-refractivity contribution in [3.63, 3.8) is 0 Å². The van der Waals surface area contributed by atoms with Gasteiger partial charge in [-0.1, -0.05) is 23.7 Å². The summed E-state index contributed by atoms with van der Waals surface area (Å²) in [5.74, 6) is -0.0923. The number of hydrogen-bond acceptors (Lipinski definition) is 3. The van der Waals surface area contributed by atoms with Gasteiger partial charge in [0.1, 0.15) is 5.69 Å². The molecule has 4 aromatic rings. The van der Waals surface area contributed by atoms with Gasteiger partial charge in [0.2, 0.25) is 0 Å². The normalized spacial score (nSPS) is 14.0. The minimum atomic E-state index is -0.0923. The van der Waals surface area contributed by atoms with Gasteiger partial charge in [-0.2, -0.15) is 0 Å². The molecular formula is C20H15ClN4O. The topological polar surface area (TPSA) is 61.9 Å². The Balaban J connectivity index is 1.50. The molecule has 5 rings (SSSR count). The minimum absolute atomic E-state index is 0.0923. The molecule has 6 heteroatoms. The molecule has 0 saturated heterocycles. The fraction of sp³-hybridized carbons (Fsp3) is 0.150. The maximum atomic E-state index is 13.0. The molecule has 5 nitrogen and oxygen atoms in total. The molecular weight excluding hydrogens is 348 g/mol. The summed E-state index contributed by atoms with van der Waals surface area (Å²) in [4.78, 5) is 27.1. The fourth-order valence-corrected chi connectivity index (χ4v) is 3.75. The standard InChI is InChI=1S/C20H15ClN4O/c21-12-5-6-15-13(9-12)14-11-25(8-7-16(14)23-15)20(26)19-10-22-17-3-1-2-4-18(17)24-19/h1-6,9-10,23H,7-8,11H2. The quantitative estimate of drug-likeness (QED) is 0.557. The van der Waals surface area contributed by atoms with Gasteiger partial charge < -0.3 is 9.88 Å². The van der Waals surface area contributed by atoms with Crippen LogP contribution in [0, 0.1) is 0 Å². The Kier molecular flexibility index (Phi) is 3.43. The third-order valence-electron chi connectivity index (χ3n) is 4.89. The first-order chi connectivity index (χ1) is 12.7. The molecule has 0 saturated carbocycles. The lowest BCUT2D eigenvalue weighted by molar-refractivity contribution is 0.0729. The summed E-state index contributed by atoms with van der Waals surface area (Å²) in [6.45, 7) is 1.20. The van der Waals surface area contributed by atoms with E-state index in [4.69, 9.17) is 11.6 Å². The van der Waals surface area contributed by atoms with Gasteiger partial charge in [-0.3, -0.25) is 9.78 Å². The Hall–Kier alpha value is -2.92. The predicted molar refractivity (Wildman–Crippen MR) is 101 cm³/mol. The van der Waals surface area contributed by atoms with E-state index in [1.54, 1.807) is 6.20 Å². The zero-order chi connectivity index (χ0) is 17.7. The summed E-state index contributed by atoms with van der Waals surface area (Å²) in [6.07, 6.45) is 2.35. The second kappa shape index (κ2) is 5.81. The number of carbonyl (C=O) groups excluding carboxylic acids is 1. The van der Waals surface area contributed by atoms with Crippen molar-refractivity contribution in [2.24, 2.45) is 0 Å². The highest BCUT2D eigenvalue weighted by atomic mass is 35.5. The number of aromatic amines is 1. The van der Waals surface area contributed by atoms with Crippen molar-refractivity contribution in [2.75, 3.05) is 6.54 Å². The van der Waals surface area contributed by atoms with Crippen LogP contribution >= 0.6 is 11.6 Å². The number of halogens is 1. The van der Waals surface area contributed by atoms with Gasteiger partial charge in [0, 0.05) is 46.7 Å². The molecule has 3 heterocycles. The Morgan fingerprint density at radius 1 is 1.15 bits per heavy atom. The Morgan fingerprint density at radius 3 is 2.88 bits per heavy atom. The summed E-state index contributed by atoms with van der Waals surface area (Å²) in [6, 6.07) is 13.4. The van der Waals surface area contributed by atoms with Crippen molar-refractivity contribution in [2.45, 2.75) is 13.0 Å². The number of rotatable bonds is 1. The number of H-pyrrole nitrogens is 1. The number of fused-ring (bicyclic) bond motifs is 4. The van der Waals surface area contributed by atoms with Crippen molar-refractivity contribution in [3.8, 4) is 0 Å². The maximum Gasteiger partial charge on any atom is 0.274 e. The monoisotopic (exact) mass is 362 g/mol. The number of hydrogen-bond donors (Lipinski definition) is 1. The number of amides is 1. The molecule has 26 heavy (non-hydrogen) atoms. The van der Waals surface area contributed by atoms with E-state index in [1.807, 2.05) is 47.4 Å². The number of para-hydroxylation sites is 2. The van der Waals surface area contributed by atoms with E-state index in [2.05, 4.69) is 15.0 Å². The second-order valence-electron chi connectivity index (χ2n) is 6.49. The molecule has 0 aliphatic carbocycles. The number of nitrogens with zero attached hydrogens (tertiary/aromatic N) is 3. The average Bonchev–Trinajstić information content (AvgIpc) is 3.04. The molecule has 0 unspecified atom stereocenters. The molecule has 0 fully saturated rings. The lowest BCUT2D eigenvalue weighted by Gasteiger charge is -2.27. The molecule has 0 bridgehead atoms. The van der Waals surface area contributed by atoms with E-state index < -0.39 is 0 Å². The van der Waals surface area contributed by atoms with Crippen LogP contribution in [-0.4, -0.2) is 32.3 Å². The predicted octanol–water partition coefficient (Wildman–Crippen LogP) is 3.96. The first-order valence-corrected chi connectivity index (χ1v) is 8.87. The van der Waals surface area contributed by atoms with Gasteiger partial charge in [-0.25, -0.2) is 4.98 Å². The first-order valence-electron chi connectivity index (χ1n) is 8.49. The van der Waals surface area contributed by atoms with E-state index in [0.29, 0.717) is 23.8 Å². The molecule has 2 aromatic heterocycles. The highest BCUT2D eigenvalue weighted by Gasteiger charge is 2.26.